The summed E-state index contributed by atoms with van der Waals surface area (Å²) in [5.74, 6) is 0.873. The number of esters is 1. The molecule has 0 N–H and O–H groups in total. The number of benzene rings is 1. The molecule has 1 aromatic heterocycles. The molecule has 1 heterocycles. The van der Waals surface area contributed by atoms with Crippen molar-refractivity contribution in [2.45, 2.75) is 33.1 Å². The van der Waals surface area contributed by atoms with E-state index in [-0.39, 0.29) is 18.3 Å². The van der Waals surface area contributed by atoms with E-state index in [1.807, 2.05) is 24.3 Å². The van der Waals surface area contributed by atoms with E-state index in [2.05, 4.69) is 24.0 Å². The third-order valence-electron chi connectivity index (χ3n) is 2.90. The van der Waals surface area contributed by atoms with Gasteiger partial charge in [-0.05, 0) is 18.4 Å². The minimum absolute atomic E-state index is 0.00488. The Balaban J connectivity index is 2.10. The largest absolute Gasteiger partial charge is 0.466 e. The molecule has 106 valence electrons. The van der Waals surface area contributed by atoms with Crippen molar-refractivity contribution in [1.82, 2.24) is 10.1 Å². The van der Waals surface area contributed by atoms with Crippen molar-refractivity contribution in [3.63, 3.8) is 0 Å². The van der Waals surface area contributed by atoms with Gasteiger partial charge in [-0.1, -0.05) is 43.3 Å². The molecule has 0 aliphatic heterocycles. The lowest BCUT2D eigenvalue weighted by atomic mass is 10.0. The van der Waals surface area contributed by atoms with Gasteiger partial charge in [0, 0.05) is 5.56 Å². The van der Waals surface area contributed by atoms with Crippen LogP contribution in [0.4, 0.5) is 0 Å². The molecule has 0 aliphatic carbocycles. The Morgan fingerprint density at radius 2 is 2.00 bits per heavy atom. The first-order valence-corrected chi connectivity index (χ1v) is 6.68. The molecule has 0 amide bonds. The molecule has 0 saturated carbocycles. The van der Waals surface area contributed by atoms with E-state index in [0.29, 0.717) is 18.3 Å². The second kappa shape index (κ2) is 6.32. The summed E-state index contributed by atoms with van der Waals surface area (Å²) in [6.45, 7) is 6.38. The average Bonchev–Trinajstić information content (AvgIpc) is 2.87. The van der Waals surface area contributed by atoms with Crippen molar-refractivity contribution >= 4 is 5.97 Å². The Kier molecular flexibility index (Phi) is 4.50. The Labute approximate surface area is 118 Å². The highest BCUT2D eigenvalue weighted by Gasteiger charge is 2.13. The molecule has 0 saturated heterocycles. The van der Waals surface area contributed by atoms with Gasteiger partial charge in [-0.15, -0.1) is 0 Å². The van der Waals surface area contributed by atoms with Crippen LogP contribution in [0.1, 0.15) is 38.1 Å². The molecule has 5 heteroatoms. The van der Waals surface area contributed by atoms with Gasteiger partial charge in [-0.3, -0.25) is 4.79 Å². The standard InChI is InChI=1S/C15H18N2O3/c1-4-19-14(18)9-13-16-15(17-20-13)12-7-5-11(6-8-12)10(2)3/h5-8,10H,4,9H2,1-3H3. The Bertz CT molecular complexity index is 573. The fourth-order valence-electron chi connectivity index (χ4n) is 1.80. The molecule has 2 aromatic rings. The normalized spacial score (nSPS) is 10.8. The number of hydrogen-bond donors (Lipinski definition) is 0. The SMILES string of the molecule is CCOC(=O)Cc1nc(-c2ccc(C(C)C)cc2)no1. The molecule has 0 radical (unpaired) electrons. The van der Waals surface area contributed by atoms with E-state index < -0.39 is 0 Å². The lowest BCUT2D eigenvalue weighted by molar-refractivity contribution is -0.142. The predicted molar refractivity (Wildman–Crippen MR) is 74.2 cm³/mol. The van der Waals surface area contributed by atoms with Crippen LogP contribution < -0.4 is 0 Å². The molecular formula is C15H18N2O3. The number of hydrogen-bond acceptors (Lipinski definition) is 5. The molecule has 0 fully saturated rings. The summed E-state index contributed by atoms with van der Waals surface area (Å²) in [5, 5.41) is 3.88. The van der Waals surface area contributed by atoms with E-state index >= 15 is 0 Å². The van der Waals surface area contributed by atoms with Gasteiger partial charge in [-0.25, -0.2) is 0 Å². The molecule has 0 bridgehead atoms. The Hall–Kier alpha value is -2.17. The van der Waals surface area contributed by atoms with Crippen molar-refractivity contribution < 1.29 is 14.1 Å². The monoisotopic (exact) mass is 274 g/mol. The first-order valence-electron chi connectivity index (χ1n) is 6.68. The summed E-state index contributed by atoms with van der Waals surface area (Å²) in [7, 11) is 0. The van der Waals surface area contributed by atoms with Crippen molar-refractivity contribution in [3.8, 4) is 11.4 Å². The zero-order valence-corrected chi connectivity index (χ0v) is 11.9. The van der Waals surface area contributed by atoms with Gasteiger partial charge in [0.2, 0.25) is 11.7 Å². The maximum absolute atomic E-state index is 11.3. The first-order chi connectivity index (χ1) is 9.60. The molecular weight excluding hydrogens is 256 g/mol. The number of carbonyl (C=O) groups is 1. The van der Waals surface area contributed by atoms with Crippen LogP contribution in [0.3, 0.4) is 0 Å². The van der Waals surface area contributed by atoms with Crippen molar-refractivity contribution in [2.75, 3.05) is 6.61 Å². The van der Waals surface area contributed by atoms with E-state index in [9.17, 15) is 4.79 Å². The number of rotatable bonds is 5. The third-order valence-corrected chi connectivity index (χ3v) is 2.90. The second-order valence-corrected chi connectivity index (χ2v) is 4.77. The molecule has 5 nitrogen and oxygen atoms in total. The van der Waals surface area contributed by atoms with E-state index in [1.165, 1.54) is 5.56 Å². The molecule has 0 aliphatic rings. The second-order valence-electron chi connectivity index (χ2n) is 4.77. The van der Waals surface area contributed by atoms with Gasteiger partial charge in [0.1, 0.15) is 6.42 Å². The van der Waals surface area contributed by atoms with Crippen LogP contribution in [0.15, 0.2) is 28.8 Å². The maximum atomic E-state index is 11.3. The zero-order chi connectivity index (χ0) is 14.5. The fourth-order valence-corrected chi connectivity index (χ4v) is 1.80. The average molecular weight is 274 g/mol. The Morgan fingerprint density at radius 1 is 1.30 bits per heavy atom. The van der Waals surface area contributed by atoms with Crippen molar-refractivity contribution in [2.24, 2.45) is 0 Å². The summed E-state index contributed by atoms with van der Waals surface area (Å²) >= 11 is 0. The highest BCUT2D eigenvalue weighted by Crippen LogP contribution is 2.20. The summed E-state index contributed by atoms with van der Waals surface area (Å²) in [4.78, 5) is 15.5. The van der Waals surface area contributed by atoms with Gasteiger partial charge >= 0.3 is 5.97 Å². The molecule has 0 unspecified atom stereocenters. The molecule has 1 aromatic carbocycles. The van der Waals surface area contributed by atoms with Gasteiger partial charge in [-0.2, -0.15) is 4.98 Å². The highest BCUT2D eigenvalue weighted by atomic mass is 16.5. The third kappa shape index (κ3) is 3.44. The van der Waals surface area contributed by atoms with Crippen LogP contribution in [-0.2, 0) is 16.0 Å². The minimum Gasteiger partial charge on any atom is -0.466 e. The van der Waals surface area contributed by atoms with E-state index in [4.69, 9.17) is 9.26 Å². The number of carbonyl (C=O) groups excluding carboxylic acids is 1. The molecule has 0 atom stereocenters. The molecule has 20 heavy (non-hydrogen) atoms. The highest BCUT2D eigenvalue weighted by molar-refractivity contribution is 5.71. The first kappa shape index (κ1) is 14.2. The molecule has 0 spiro atoms. The van der Waals surface area contributed by atoms with Crippen LogP contribution in [0, 0.1) is 0 Å². The van der Waals surface area contributed by atoms with E-state index in [1.54, 1.807) is 6.92 Å². The quantitative estimate of drug-likeness (QED) is 0.784. The Morgan fingerprint density at radius 3 is 2.60 bits per heavy atom. The topological polar surface area (TPSA) is 65.2 Å². The summed E-state index contributed by atoms with van der Waals surface area (Å²) < 4.78 is 9.89. The van der Waals surface area contributed by atoms with Gasteiger partial charge in [0.05, 0.1) is 6.61 Å². The summed E-state index contributed by atoms with van der Waals surface area (Å²) in [5.41, 5.74) is 2.12. The number of ether oxygens (including phenoxy) is 1. The number of aromatic nitrogens is 2. The van der Waals surface area contributed by atoms with Crippen LogP contribution in [0.2, 0.25) is 0 Å². The van der Waals surface area contributed by atoms with Gasteiger partial charge in [0.15, 0.2) is 0 Å². The van der Waals surface area contributed by atoms with Crippen LogP contribution >= 0.6 is 0 Å². The molecule has 2 rings (SSSR count). The van der Waals surface area contributed by atoms with E-state index in [0.717, 1.165) is 5.56 Å². The predicted octanol–water partition coefficient (Wildman–Crippen LogP) is 2.97. The van der Waals surface area contributed by atoms with Crippen LogP contribution in [-0.4, -0.2) is 22.7 Å². The van der Waals surface area contributed by atoms with Crippen molar-refractivity contribution in [3.05, 3.63) is 35.7 Å². The lowest BCUT2D eigenvalue weighted by Crippen LogP contribution is -2.07. The minimum atomic E-state index is -0.363. The lowest BCUT2D eigenvalue weighted by Gasteiger charge is -2.04. The summed E-state index contributed by atoms with van der Waals surface area (Å²) in [6.07, 6.45) is 0.00488. The van der Waals surface area contributed by atoms with Gasteiger partial charge < -0.3 is 9.26 Å². The van der Waals surface area contributed by atoms with Crippen molar-refractivity contribution in [1.29, 1.82) is 0 Å². The van der Waals surface area contributed by atoms with Crippen LogP contribution in [0.5, 0.6) is 0 Å². The maximum Gasteiger partial charge on any atom is 0.315 e. The number of nitrogens with zero attached hydrogens (tertiary/aromatic N) is 2. The zero-order valence-electron chi connectivity index (χ0n) is 11.9. The van der Waals surface area contributed by atoms with Gasteiger partial charge in [0.25, 0.3) is 0 Å². The smallest absolute Gasteiger partial charge is 0.315 e. The fraction of sp³-hybridized carbons (Fsp3) is 0.400. The van der Waals surface area contributed by atoms with Crippen LogP contribution in [0.25, 0.3) is 11.4 Å². The summed E-state index contributed by atoms with van der Waals surface area (Å²) in [6, 6.07) is 7.99.